The van der Waals surface area contributed by atoms with Gasteiger partial charge in [0.15, 0.2) is 5.82 Å². The lowest BCUT2D eigenvalue weighted by Crippen LogP contribution is -2.56. The molecule has 2 bridgehead atoms. The Kier molecular flexibility index (Phi) is 4.70. The second kappa shape index (κ2) is 7.35. The average Bonchev–Trinajstić information content (AvgIpc) is 3.21. The minimum absolute atomic E-state index is 0.0691. The highest BCUT2D eigenvalue weighted by Gasteiger charge is 2.48. The molecule has 3 atom stereocenters. The van der Waals surface area contributed by atoms with Crippen molar-refractivity contribution < 1.29 is 9.32 Å². The van der Waals surface area contributed by atoms with E-state index in [-0.39, 0.29) is 12.1 Å². The fourth-order valence-electron chi connectivity index (χ4n) is 5.87. The molecule has 0 radical (unpaired) electrons. The number of rotatable bonds is 4. The van der Waals surface area contributed by atoms with Gasteiger partial charge in [-0.05, 0) is 43.9 Å². The van der Waals surface area contributed by atoms with Crippen LogP contribution in [0.15, 0.2) is 23.5 Å². The molecule has 0 amide bonds. The van der Waals surface area contributed by atoms with Crippen molar-refractivity contribution in [1.82, 2.24) is 19.9 Å². The lowest BCUT2D eigenvalue weighted by atomic mass is 9.76. The largest absolute Gasteiger partial charge is 0.394 e. The maximum absolute atomic E-state index is 12.7. The molecule has 8 nitrogen and oxygen atoms in total. The van der Waals surface area contributed by atoms with Crippen LogP contribution in [0.4, 0.5) is 11.8 Å². The highest BCUT2D eigenvalue weighted by molar-refractivity contribution is 7.85. The van der Waals surface area contributed by atoms with Crippen LogP contribution in [0.3, 0.4) is 0 Å². The number of fused-ring (bicyclic) bond motifs is 3. The molecule has 0 spiro atoms. The molecule has 3 unspecified atom stereocenters. The number of aliphatic hydroxyl groups is 1. The van der Waals surface area contributed by atoms with Crippen LogP contribution in [0.25, 0.3) is 0 Å². The van der Waals surface area contributed by atoms with E-state index < -0.39 is 10.8 Å². The molecular weight excluding hydrogens is 436 g/mol. The molecule has 2 aliphatic carbocycles. The van der Waals surface area contributed by atoms with Crippen LogP contribution in [0.2, 0.25) is 5.02 Å². The number of anilines is 2. The van der Waals surface area contributed by atoms with Gasteiger partial charge in [-0.15, -0.1) is 0 Å². The first-order valence-electron chi connectivity index (χ1n) is 10.9. The molecule has 2 saturated carbocycles. The molecule has 164 valence electrons. The predicted octanol–water partition coefficient (Wildman–Crippen LogP) is 2.35. The van der Waals surface area contributed by atoms with Crippen molar-refractivity contribution in [3.05, 3.63) is 29.4 Å². The van der Waals surface area contributed by atoms with Crippen LogP contribution in [0.1, 0.15) is 43.8 Å². The normalized spacial score (nSPS) is 30.9. The minimum atomic E-state index is -1.15. The summed E-state index contributed by atoms with van der Waals surface area (Å²) in [5, 5.41) is 10.6. The van der Waals surface area contributed by atoms with E-state index >= 15 is 0 Å². The second-order valence-corrected chi connectivity index (χ2v) is 11.1. The molecule has 4 heterocycles. The standard InChI is InChI=1S/C21H25ClN6O2S/c22-15-6-23-18(24-7-15)17-13-2-3-14(17)10-27(9-13)20-25-8-16-19(26-20)28(12-31(16)30)21(11-29)4-1-5-21/h6-8,13-14,17,29H,1-5,9-12H2. The fraction of sp³-hybridized carbons (Fsp3) is 0.619. The van der Waals surface area contributed by atoms with E-state index in [4.69, 9.17) is 16.6 Å². The number of aliphatic hydroxyl groups excluding tert-OH is 1. The van der Waals surface area contributed by atoms with Gasteiger partial charge in [0.2, 0.25) is 5.95 Å². The molecule has 6 rings (SSSR count). The summed E-state index contributed by atoms with van der Waals surface area (Å²) in [6, 6.07) is 0. The number of aromatic nitrogens is 4. The highest BCUT2D eigenvalue weighted by atomic mass is 35.5. The van der Waals surface area contributed by atoms with Crippen molar-refractivity contribution in [2.75, 3.05) is 35.4 Å². The Morgan fingerprint density at radius 2 is 1.84 bits per heavy atom. The molecule has 3 fully saturated rings. The summed E-state index contributed by atoms with van der Waals surface area (Å²) < 4.78 is 12.7. The third-order valence-electron chi connectivity index (χ3n) is 7.68. The molecule has 2 aromatic heterocycles. The summed E-state index contributed by atoms with van der Waals surface area (Å²) in [6.07, 6.45) is 10.3. The van der Waals surface area contributed by atoms with E-state index in [1.54, 1.807) is 18.6 Å². The lowest BCUT2D eigenvalue weighted by molar-refractivity contribution is 0.119. The first-order chi connectivity index (χ1) is 15.1. The third-order valence-corrected chi connectivity index (χ3v) is 9.14. The molecule has 1 saturated heterocycles. The van der Waals surface area contributed by atoms with Crippen molar-refractivity contribution in [2.24, 2.45) is 11.8 Å². The van der Waals surface area contributed by atoms with Crippen molar-refractivity contribution in [3.63, 3.8) is 0 Å². The molecule has 31 heavy (non-hydrogen) atoms. The van der Waals surface area contributed by atoms with E-state index in [0.717, 1.165) is 56.8 Å². The minimum Gasteiger partial charge on any atom is -0.394 e. The van der Waals surface area contributed by atoms with E-state index in [1.165, 1.54) is 0 Å². The lowest BCUT2D eigenvalue weighted by Gasteiger charge is -2.48. The number of nitrogens with zero attached hydrogens (tertiary/aromatic N) is 6. The van der Waals surface area contributed by atoms with Crippen molar-refractivity contribution in [3.8, 4) is 0 Å². The Balaban J connectivity index is 1.28. The summed E-state index contributed by atoms with van der Waals surface area (Å²) in [5.74, 6) is 3.99. The Labute approximate surface area is 188 Å². The Hall–Kier alpha value is -1.84. The molecule has 4 aliphatic rings. The van der Waals surface area contributed by atoms with Crippen LogP contribution in [0.5, 0.6) is 0 Å². The zero-order valence-corrected chi connectivity index (χ0v) is 18.7. The monoisotopic (exact) mass is 460 g/mol. The van der Waals surface area contributed by atoms with Gasteiger partial charge in [-0.2, -0.15) is 4.98 Å². The Morgan fingerprint density at radius 3 is 2.45 bits per heavy atom. The van der Waals surface area contributed by atoms with Gasteiger partial charge < -0.3 is 14.9 Å². The van der Waals surface area contributed by atoms with Gasteiger partial charge in [0.05, 0.1) is 34.2 Å². The average molecular weight is 461 g/mol. The van der Waals surface area contributed by atoms with Gasteiger partial charge in [0.1, 0.15) is 16.6 Å². The highest BCUT2D eigenvalue weighted by Crippen LogP contribution is 2.48. The molecule has 1 N–H and O–H groups in total. The number of hydrogen-bond donors (Lipinski definition) is 1. The fourth-order valence-corrected chi connectivity index (χ4v) is 7.27. The van der Waals surface area contributed by atoms with Crippen molar-refractivity contribution >= 4 is 34.2 Å². The van der Waals surface area contributed by atoms with Gasteiger partial charge in [-0.1, -0.05) is 11.6 Å². The van der Waals surface area contributed by atoms with Crippen LogP contribution in [-0.2, 0) is 10.8 Å². The molecule has 2 aromatic rings. The van der Waals surface area contributed by atoms with Crippen molar-refractivity contribution in [1.29, 1.82) is 0 Å². The number of hydrogen-bond acceptors (Lipinski definition) is 8. The third kappa shape index (κ3) is 3.08. The summed E-state index contributed by atoms with van der Waals surface area (Å²) in [7, 11) is -1.15. The van der Waals surface area contributed by atoms with Crippen LogP contribution in [-0.4, -0.2) is 60.4 Å². The van der Waals surface area contributed by atoms with Gasteiger partial charge >= 0.3 is 0 Å². The van der Waals surface area contributed by atoms with E-state index in [0.29, 0.717) is 39.5 Å². The zero-order chi connectivity index (χ0) is 21.2. The molecule has 0 aromatic carbocycles. The Bertz CT molecular complexity index is 1010. The SMILES string of the molecule is O=S1CN(C2(CO)CCC2)c2nc(N3CC4CCC(C3)C4c3ncc(Cl)cn3)ncc21. The summed E-state index contributed by atoms with van der Waals surface area (Å²) in [4.78, 5) is 23.5. The summed E-state index contributed by atoms with van der Waals surface area (Å²) in [6.45, 7) is 1.79. The maximum atomic E-state index is 12.7. The first-order valence-corrected chi connectivity index (χ1v) is 12.6. The summed E-state index contributed by atoms with van der Waals surface area (Å²) >= 11 is 5.98. The smallest absolute Gasteiger partial charge is 0.227 e. The van der Waals surface area contributed by atoms with Gasteiger partial charge in [0.25, 0.3) is 0 Å². The van der Waals surface area contributed by atoms with Gasteiger partial charge in [-0.3, -0.25) is 4.21 Å². The number of piperidine rings is 1. The van der Waals surface area contributed by atoms with Crippen LogP contribution >= 0.6 is 11.6 Å². The first kappa shape index (κ1) is 19.8. The van der Waals surface area contributed by atoms with Crippen molar-refractivity contribution in [2.45, 2.75) is 48.5 Å². The topological polar surface area (TPSA) is 95.3 Å². The molecule has 10 heteroatoms. The number of halogens is 1. The summed E-state index contributed by atoms with van der Waals surface area (Å²) in [5.41, 5.74) is -0.315. The van der Waals surface area contributed by atoms with E-state index in [9.17, 15) is 9.32 Å². The van der Waals surface area contributed by atoms with Crippen LogP contribution < -0.4 is 9.80 Å². The predicted molar refractivity (Wildman–Crippen MR) is 118 cm³/mol. The maximum Gasteiger partial charge on any atom is 0.227 e. The van der Waals surface area contributed by atoms with E-state index in [1.807, 2.05) is 0 Å². The second-order valence-electron chi connectivity index (χ2n) is 9.28. The van der Waals surface area contributed by atoms with Gasteiger partial charge in [-0.25, -0.2) is 15.0 Å². The van der Waals surface area contributed by atoms with E-state index in [2.05, 4.69) is 24.8 Å². The quantitative estimate of drug-likeness (QED) is 0.742. The van der Waals surface area contributed by atoms with Gasteiger partial charge in [0, 0.05) is 31.4 Å². The molecule has 2 aliphatic heterocycles. The van der Waals surface area contributed by atoms with Crippen LogP contribution in [0, 0.1) is 11.8 Å². The molecular formula is C21H25ClN6O2S. The zero-order valence-electron chi connectivity index (χ0n) is 17.2. The Morgan fingerprint density at radius 1 is 1.13 bits per heavy atom.